The zero-order valence-electron chi connectivity index (χ0n) is 11.7. The molecule has 2 rings (SSSR count). The molecule has 0 amide bonds. The number of likely N-dealkylation sites (N-methyl/N-ethyl adjacent to an activating group) is 1. The van der Waals surface area contributed by atoms with Gasteiger partial charge in [0, 0.05) is 32.3 Å². The number of aliphatic hydroxyl groups is 1. The molecule has 5 nitrogen and oxygen atoms in total. The first-order valence-corrected chi connectivity index (χ1v) is 8.44. The molecule has 1 N–H and O–H groups in total. The smallest absolute Gasteiger partial charge is 0.243 e. The van der Waals surface area contributed by atoms with Crippen LogP contribution in [0.4, 0.5) is 4.39 Å². The third kappa shape index (κ3) is 3.54. The van der Waals surface area contributed by atoms with E-state index in [0.717, 1.165) is 12.1 Å². The van der Waals surface area contributed by atoms with Crippen LogP contribution in [0.5, 0.6) is 0 Å². The van der Waals surface area contributed by atoms with Gasteiger partial charge in [0.2, 0.25) is 10.0 Å². The van der Waals surface area contributed by atoms with Crippen LogP contribution in [-0.4, -0.2) is 62.1 Å². The maximum absolute atomic E-state index is 13.2. The minimum atomic E-state index is -3.70. The molecule has 8 heteroatoms. The fourth-order valence-electron chi connectivity index (χ4n) is 2.38. The molecular weight excluding hydrogens is 319 g/mol. The number of hydrogen-bond donors (Lipinski definition) is 1. The van der Waals surface area contributed by atoms with Gasteiger partial charge in [0.1, 0.15) is 5.82 Å². The first kappa shape index (κ1) is 16.6. The van der Waals surface area contributed by atoms with Crippen molar-refractivity contribution in [3.63, 3.8) is 0 Å². The van der Waals surface area contributed by atoms with Crippen molar-refractivity contribution in [3.05, 3.63) is 29.0 Å². The minimum Gasteiger partial charge on any atom is -0.396 e. The highest BCUT2D eigenvalue weighted by atomic mass is 35.5. The van der Waals surface area contributed by atoms with E-state index in [0.29, 0.717) is 26.1 Å². The molecule has 1 aromatic carbocycles. The van der Waals surface area contributed by atoms with Crippen LogP contribution in [0.1, 0.15) is 6.42 Å². The lowest BCUT2D eigenvalue weighted by Crippen LogP contribution is -2.53. The van der Waals surface area contributed by atoms with E-state index < -0.39 is 15.8 Å². The second kappa shape index (κ2) is 6.58. The van der Waals surface area contributed by atoms with Crippen molar-refractivity contribution in [3.8, 4) is 0 Å². The summed E-state index contributed by atoms with van der Waals surface area (Å²) in [6.07, 6.45) is 0.507. The molecule has 0 saturated carbocycles. The third-order valence-corrected chi connectivity index (χ3v) is 5.88. The number of piperazine rings is 1. The van der Waals surface area contributed by atoms with Gasteiger partial charge < -0.3 is 10.0 Å². The van der Waals surface area contributed by atoms with Crippen LogP contribution in [0, 0.1) is 5.82 Å². The Hall–Kier alpha value is -0.730. The van der Waals surface area contributed by atoms with E-state index in [1.807, 2.05) is 11.9 Å². The predicted molar refractivity (Wildman–Crippen MR) is 78.3 cm³/mol. The van der Waals surface area contributed by atoms with Crippen LogP contribution in [0.2, 0.25) is 5.02 Å². The first-order chi connectivity index (χ1) is 9.86. The van der Waals surface area contributed by atoms with Gasteiger partial charge in [-0.05, 0) is 31.7 Å². The van der Waals surface area contributed by atoms with Gasteiger partial charge in [-0.3, -0.25) is 0 Å². The van der Waals surface area contributed by atoms with Crippen molar-refractivity contribution in [2.45, 2.75) is 17.4 Å². The molecule has 118 valence electrons. The molecule has 1 aliphatic heterocycles. The topological polar surface area (TPSA) is 60.9 Å². The van der Waals surface area contributed by atoms with Gasteiger partial charge in [-0.15, -0.1) is 0 Å². The maximum Gasteiger partial charge on any atom is 0.243 e. The van der Waals surface area contributed by atoms with E-state index in [4.69, 9.17) is 16.7 Å². The Morgan fingerprint density at radius 3 is 2.76 bits per heavy atom. The van der Waals surface area contributed by atoms with Crippen LogP contribution >= 0.6 is 11.6 Å². The Labute approximate surface area is 129 Å². The lowest BCUT2D eigenvalue weighted by atomic mass is 10.1. The van der Waals surface area contributed by atoms with Gasteiger partial charge in [-0.2, -0.15) is 4.31 Å². The molecule has 0 aromatic heterocycles. The minimum absolute atomic E-state index is 0.00523. The van der Waals surface area contributed by atoms with Crippen LogP contribution in [0.3, 0.4) is 0 Å². The van der Waals surface area contributed by atoms with Gasteiger partial charge in [-0.25, -0.2) is 12.8 Å². The summed E-state index contributed by atoms with van der Waals surface area (Å²) >= 11 is 5.66. The van der Waals surface area contributed by atoms with Crippen LogP contribution in [-0.2, 0) is 10.0 Å². The van der Waals surface area contributed by atoms with Crippen molar-refractivity contribution in [1.29, 1.82) is 0 Å². The number of rotatable bonds is 4. The van der Waals surface area contributed by atoms with Gasteiger partial charge in [0.25, 0.3) is 0 Å². The van der Waals surface area contributed by atoms with E-state index in [1.165, 1.54) is 10.4 Å². The quantitative estimate of drug-likeness (QED) is 0.896. The molecule has 0 aliphatic carbocycles. The molecule has 1 saturated heterocycles. The van der Waals surface area contributed by atoms with Crippen molar-refractivity contribution in [2.24, 2.45) is 0 Å². The molecule has 0 radical (unpaired) electrons. The number of halogens is 2. The summed E-state index contributed by atoms with van der Waals surface area (Å²) in [5, 5.41) is 8.84. The molecule has 1 heterocycles. The number of benzene rings is 1. The van der Waals surface area contributed by atoms with Crippen molar-refractivity contribution < 1.29 is 17.9 Å². The Kier molecular flexibility index (Phi) is 5.21. The average molecular weight is 337 g/mol. The molecule has 0 unspecified atom stereocenters. The summed E-state index contributed by atoms with van der Waals surface area (Å²) in [7, 11) is -1.80. The zero-order chi connectivity index (χ0) is 15.6. The van der Waals surface area contributed by atoms with E-state index in [2.05, 4.69) is 0 Å². The standard InChI is InChI=1S/C13H18ClFN2O3S/c1-16-5-6-17(9-10(16)4-7-18)21(19,20)11-2-3-13(15)12(14)8-11/h2-3,8,10,18H,4-7,9H2,1H3/t10-/m1/s1. The van der Waals surface area contributed by atoms with E-state index >= 15 is 0 Å². The Bertz CT molecular complexity index is 611. The second-order valence-electron chi connectivity index (χ2n) is 5.09. The van der Waals surface area contributed by atoms with Crippen LogP contribution < -0.4 is 0 Å². The van der Waals surface area contributed by atoms with Gasteiger partial charge in [-0.1, -0.05) is 11.6 Å². The molecule has 0 spiro atoms. The number of nitrogens with zero attached hydrogens (tertiary/aromatic N) is 2. The maximum atomic E-state index is 13.2. The van der Waals surface area contributed by atoms with Crippen LogP contribution in [0.25, 0.3) is 0 Å². The molecule has 21 heavy (non-hydrogen) atoms. The van der Waals surface area contributed by atoms with Gasteiger partial charge in [0.05, 0.1) is 9.92 Å². The summed E-state index contributed by atoms with van der Waals surface area (Å²) < 4.78 is 39.7. The third-order valence-electron chi connectivity index (χ3n) is 3.73. The van der Waals surface area contributed by atoms with E-state index in [9.17, 15) is 12.8 Å². The lowest BCUT2D eigenvalue weighted by molar-refractivity contribution is 0.120. The Balaban J connectivity index is 2.24. The highest BCUT2D eigenvalue weighted by Crippen LogP contribution is 2.24. The zero-order valence-corrected chi connectivity index (χ0v) is 13.2. The molecule has 1 atom stereocenters. The lowest BCUT2D eigenvalue weighted by Gasteiger charge is -2.38. The monoisotopic (exact) mass is 336 g/mol. The molecule has 0 bridgehead atoms. The average Bonchev–Trinajstić information content (AvgIpc) is 2.44. The molecule has 1 fully saturated rings. The largest absolute Gasteiger partial charge is 0.396 e. The van der Waals surface area contributed by atoms with Crippen molar-refractivity contribution in [2.75, 3.05) is 33.3 Å². The number of aliphatic hydroxyl groups excluding tert-OH is 1. The Morgan fingerprint density at radius 2 is 2.14 bits per heavy atom. The van der Waals surface area contributed by atoms with Gasteiger partial charge >= 0.3 is 0 Å². The first-order valence-electron chi connectivity index (χ1n) is 6.62. The number of hydrogen-bond acceptors (Lipinski definition) is 4. The molecule has 1 aliphatic rings. The van der Waals surface area contributed by atoms with Crippen LogP contribution in [0.15, 0.2) is 23.1 Å². The fourth-order valence-corrected chi connectivity index (χ4v) is 4.12. The summed E-state index contributed by atoms with van der Waals surface area (Å²) in [5.41, 5.74) is 0. The summed E-state index contributed by atoms with van der Waals surface area (Å²) in [5.74, 6) is -0.646. The Morgan fingerprint density at radius 1 is 1.43 bits per heavy atom. The highest BCUT2D eigenvalue weighted by Gasteiger charge is 2.32. The molecule has 1 aromatic rings. The normalized spacial score (nSPS) is 21.6. The second-order valence-corrected chi connectivity index (χ2v) is 7.43. The summed E-state index contributed by atoms with van der Waals surface area (Å²) in [6, 6.07) is 3.37. The predicted octanol–water partition coefficient (Wildman–Crippen LogP) is 1.17. The van der Waals surface area contributed by atoms with E-state index in [-0.39, 0.29) is 22.6 Å². The summed E-state index contributed by atoms with van der Waals surface area (Å²) in [6.45, 7) is 1.24. The highest BCUT2D eigenvalue weighted by molar-refractivity contribution is 7.89. The molecular formula is C13H18ClFN2O3S. The SMILES string of the molecule is CN1CCN(S(=O)(=O)c2ccc(F)c(Cl)c2)C[C@H]1CCO. The number of sulfonamides is 1. The summed E-state index contributed by atoms with van der Waals surface area (Å²) in [4.78, 5) is 2.01. The van der Waals surface area contributed by atoms with Crippen molar-refractivity contribution in [1.82, 2.24) is 9.21 Å². The fraction of sp³-hybridized carbons (Fsp3) is 0.538. The van der Waals surface area contributed by atoms with Gasteiger partial charge in [0.15, 0.2) is 0 Å². The van der Waals surface area contributed by atoms with Crippen molar-refractivity contribution >= 4 is 21.6 Å². The van der Waals surface area contributed by atoms with E-state index in [1.54, 1.807) is 0 Å².